The van der Waals surface area contributed by atoms with E-state index in [4.69, 9.17) is 4.74 Å². The van der Waals surface area contributed by atoms with Crippen molar-refractivity contribution in [3.63, 3.8) is 0 Å². The number of para-hydroxylation sites is 1. The van der Waals surface area contributed by atoms with Gasteiger partial charge in [0.1, 0.15) is 18.2 Å². The van der Waals surface area contributed by atoms with E-state index < -0.39 is 6.67 Å². The smallest absolute Gasteiger partial charge is 0.260 e. The summed E-state index contributed by atoms with van der Waals surface area (Å²) >= 11 is 0. The van der Waals surface area contributed by atoms with Crippen LogP contribution in [0.3, 0.4) is 0 Å². The van der Waals surface area contributed by atoms with Crippen LogP contribution in [0.4, 0.5) is 33.0 Å². The Bertz CT molecular complexity index is 1410. The lowest BCUT2D eigenvalue weighted by molar-refractivity contribution is 0.0788. The van der Waals surface area contributed by atoms with Gasteiger partial charge in [-0.05, 0) is 50.6 Å². The molecule has 1 aromatic heterocycles. The van der Waals surface area contributed by atoms with Gasteiger partial charge in [-0.3, -0.25) is 9.59 Å². The number of ether oxygens (including phenoxy) is 1. The van der Waals surface area contributed by atoms with Gasteiger partial charge in [-0.25, -0.2) is 9.37 Å². The molecule has 2 N–H and O–H groups in total. The Hall–Kier alpha value is -4.18. The van der Waals surface area contributed by atoms with Crippen molar-refractivity contribution >= 4 is 40.4 Å². The molecule has 5 rings (SSSR count). The van der Waals surface area contributed by atoms with Crippen LogP contribution in [-0.4, -0.2) is 74.2 Å². The summed E-state index contributed by atoms with van der Waals surface area (Å²) in [5.74, 6) is 0.926. The van der Waals surface area contributed by atoms with Gasteiger partial charge in [-0.1, -0.05) is 12.1 Å². The fraction of sp³-hybridized carbons (Fsp3) is 0.367. The number of anilines is 5. The SMILES string of the molecule is CC(C)Oc1cc(C(=O)N2CC[C@@H](NCCF)C2)ccc1Nc1cc2c(cn1)N(C)C(=O)c1ccccc1N2C. The van der Waals surface area contributed by atoms with E-state index in [1.165, 1.54) is 0 Å². The summed E-state index contributed by atoms with van der Waals surface area (Å²) in [5.41, 5.74) is 4.14. The van der Waals surface area contributed by atoms with E-state index in [9.17, 15) is 14.0 Å². The quantitative estimate of drug-likeness (QED) is 0.422. The normalized spacial score (nSPS) is 16.6. The lowest BCUT2D eigenvalue weighted by Crippen LogP contribution is -2.36. The Labute approximate surface area is 233 Å². The van der Waals surface area contributed by atoms with Crippen molar-refractivity contribution in [1.29, 1.82) is 0 Å². The molecule has 40 heavy (non-hydrogen) atoms. The number of halogens is 1. The largest absolute Gasteiger partial charge is 0.489 e. The highest BCUT2D eigenvalue weighted by atomic mass is 19.1. The van der Waals surface area contributed by atoms with Gasteiger partial charge in [0.15, 0.2) is 0 Å². The zero-order valence-electron chi connectivity index (χ0n) is 23.3. The summed E-state index contributed by atoms with van der Waals surface area (Å²) in [7, 11) is 3.67. The number of carbonyl (C=O) groups excluding carboxylic acids is 2. The zero-order chi connectivity index (χ0) is 28.4. The van der Waals surface area contributed by atoms with Crippen LogP contribution in [0.5, 0.6) is 5.75 Å². The molecule has 210 valence electrons. The van der Waals surface area contributed by atoms with Crippen LogP contribution in [0.15, 0.2) is 54.7 Å². The first-order valence-corrected chi connectivity index (χ1v) is 13.5. The summed E-state index contributed by atoms with van der Waals surface area (Å²) in [6, 6.07) is 14.9. The van der Waals surface area contributed by atoms with E-state index >= 15 is 0 Å². The number of rotatable bonds is 8. The van der Waals surface area contributed by atoms with Crippen molar-refractivity contribution in [2.45, 2.75) is 32.4 Å². The van der Waals surface area contributed by atoms with Crippen LogP contribution in [0.2, 0.25) is 0 Å². The van der Waals surface area contributed by atoms with Gasteiger partial charge in [0.05, 0.1) is 40.6 Å². The van der Waals surface area contributed by atoms with Gasteiger partial charge in [0, 0.05) is 51.4 Å². The van der Waals surface area contributed by atoms with Gasteiger partial charge in [-0.2, -0.15) is 0 Å². The van der Waals surface area contributed by atoms with E-state index in [2.05, 4.69) is 15.6 Å². The second-order valence-electron chi connectivity index (χ2n) is 10.4. The predicted molar refractivity (Wildman–Crippen MR) is 155 cm³/mol. The van der Waals surface area contributed by atoms with Crippen molar-refractivity contribution in [3.8, 4) is 5.75 Å². The molecule has 1 fully saturated rings. The number of fused-ring (bicyclic) bond motifs is 2. The molecule has 0 spiro atoms. The number of aromatic nitrogens is 1. The maximum absolute atomic E-state index is 13.3. The second-order valence-corrected chi connectivity index (χ2v) is 10.4. The number of benzene rings is 2. The third-order valence-corrected chi connectivity index (χ3v) is 7.24. The molecule has 1 atom stereocenters. The molecule has 0 saturated carbocycles. The molecule has 0 unspecified atom stereocenters. The number of pyridine rings is 1. The first-order valence-electron chi connectivity index (χ1n) is 13.5. The van der Waals surface area contributed by atoms with Crippen molar-refractivity contribution in [1.82, 2.24) is 15.2 Å². The zero-order valence-corrected chi connectivity index (χ0v) is 23.3. The van der Waals surface area contributed by atoms with E-state index in [1.54, 1.807) is 35.2 Å². The molecule has 10 heteroatoms. The van der Waals surface area contributed by atoms with Crippen molar-refractivity contribution < 1.29 is 18.7 Å². The van der Waals surface area contributed by atoms with Crippen LogP contribution < -0.4 is 25.2 Å². The van der Waals surface area contributed by atoms with E-state index in [1.807, 2.05) is 62.2 Å². The van der Waals surface area contributed by atoms with Gasteiger partial charge in [0.25, 0.3) is 11.8 Å². The van der Waals surface area contributed by atoms with E-state index in [0.29, 0.717) is 53.7 Å². The number of carbonyl (C=O) groups is 2. The molecular formula is C30H35FN6O3. The molecule has 2 aromatic carbocycles. The van der Waals surface area contributed by atoms with Crippen LogP contribution in [-0.2, 0) is 0 Å². The van der Waals surface area contributed by atoms with Gasteiger partial charge >= 0.3 is 0 Å². The van der Waals surface area contributed by atoms with E-state index in [-0.39, 0.29) is 24.0 Å². The Balaban J connectivity index is 1.41. The number of hydrogen-bond donors (Lipinski definition) is 2. The van der Waals surface area contributed by atoms with Gasteiger partial charge in [-0.15, -0.1) is 0 Å². The maximum Gasteiger partial charge on any atom is 0.260 e. The van der Waals surface area contributed by atoms with Gasteiger partial charge in [0.2, 0.25) is 0 Å². The molecule has 3 heterocycles. The second kappa shape index (κ2) is 11.5. The molecule has 0 bridgehead atoms. The molecule has 2 aliphatic heterocycles. The first kappa shape index (κ1) is 27.4. The molecule has 3 aromatic rings. The fourth-order valence-electron chi connectivity index (χ4n) is 5.20. The third kappa shape index (κ3) is 5.44. The number of likely N-dealkylation sites (tertiary alicyclic amines) is 1. The molecular weight excluding hydrogens is 511 g/mol. The van der Waals surface area contributed by atoms with Crippen LogP contribution in [0.25, 0.3) is 0 Å². The molecule has 2 amide bonds. The summed E-state index contributed by atoms with van der Waals surface area (Å²) in [6.07, 6.45) is 2.36. The van der Waals surface area contributed by atoms with Crippen molar-refractivity contribution in [2.75, 3.05) is 55.5 Å². The first-order chi connectivity index (χ1) is 19.3. The summed E-state index contributed by atoms with van der Waals surface area (Å²) in [6.45, 7) is 4.90. The lowest BCUT2D eigenvalue weighted by Gasteiger charge is -2.23. The monoisotopic (exact) mass is 546 g/mol. The minimum Gasteiger partial charge on any atom is -0.489 e. The molecule has 9 nitrogen and oxygen atoms in total. The number of amides is 2. The fourth-order valence-corrected chi connectivity index (χ4v) is 5.20. The predicted octanol–water partition coefficient (Wildman–Crippen LogP) is 4.74. The Morgan fingerprint density at radius 1 is 1.10 bits per heavy atom. The average molecular weight is 547 g/mol. The Morgan fingerprint density at radius 2 is 1.90 bits per heavy atom. The van der Waals surface area contributed by atoms with E-state index in [0.717, 1.165) is 17.8 Å². The standard InChI is InChI=1S/C30H35FN6O3/c1-19(2)40-27-15-20(29(38)37-14-11-21(18-37)32-13-12-31)9-10-23(27)34-28-16-25-26(17-33-28)36(4)30(39)22-7-5-6-8-24(22)35(25)3/h5-10,15-17,19,21,32H,11-14,18H2,1-4H3,(H,33,34)/t21-/m1/s1. The molecule has 2 aliphatic rings. The molecule has 1 saturated heterocycles. The summed E-state index contributed by atoms with van der Waals surface area (Å²) in [4.78, 5) is 36.3. The molecule has 0 radical (unpaired) electrons. The van der Waals surface area contributed by atoms with Crippen LogP contribution in [0, 0.1) is 0 Å². The highest BCUT2D eigenvalue weighted by Crippen LogP contribution is 2.40. The minimum absolute atomic E-state index is 0.0825. The topological polar surface area (TPSA) is 90.0 Å². The number of alkyl halides is 1. The summed E-state index contributed by atoms with van der Waals surface area (Å²) < 4.78 is 18.6. The maximum atomic E-state index is 13.3. The lowest BCUT2D eigenvalue weighted by atomic mass is 10.1. The number of nitrogens with one attached hydrogen (secondary N) is 2. The Morgan fingerprint density at radius 3 is 2.67 bits per heavy atom. The van der Waals surface area contributed by atoms with Crippen LogP contribution >= 0.6 is 0 Å². The van der Waals surface area contributed by atoms with Gasteiger partial charge < -0.3 is 30.1 Å². The average Bonchev–Trinajstić information content (AvgIpc) is 3.41. The van der Waals surface area contributed by atoms with Crippen molar-refractivity contribution in [2.24, 2.45) is 0 Å². The summed E-state index contributed by atoms with van der Waals surface area (Å²) in [5, 5.41) is 6.49. The van der Waals surface area contributed by atoms with Crippen molar-refractivity contribution in [3.05, 3.63) is 65.9 Å². The third-order valence-electron chi connectivity index (χ3n) is 7.24. The number of hydrogen-bond acceptors (Lipinski definition) is 7. The molecule has 0 aliphatic carbocycles. The minimum atomic E-state index is -0.424. The van der Waals surface area contributed by atoms with Crippen LogP contribution in [0.1, 0.15) is 41.0 Å². The highest BCUT2D eigenvalue weighted by Gasteiger charge is 2.29. The number of nitrogens with zero attached hydrogens (tertiary/aromatic N) is 4. The Kier molecular flexibility index (Phi) is 7.88. The highest BCUT2D eigenvalue weighted by molar-refractivity contribution is 6.13.